The first-order chi connectivity index (χ1) is 26.3. The van der Waals surface area contributed by atoms with Crippen LogP contribution in [-0.2, 0) is 5.41 Å². The molecule has 2 aliphatic rings. The van der Waals surface area contributed by atoms with Crippen LogP contribution in [-0.4, -0.2) is 4.98 Å². The van der Waals surface area contributed by atoms with Gasteiger partial charge >= 0.3 is 0 Å². The average molecular weight is 677 g/mol. The van der Waals surface area contributed by atoms with Gasteiger partial charge in [0.1, 0.15) is 5.69 Å². The highest BCUT2D eigenvalue weighted by Gasteiger charge is 2.46. The van der Waals surface area contributed by atoms with Crippen molar-refractivity contribution >= 4 is 27.8 Å². The molecule has 0 saturated carbocycles. The van der Waals surface area contributed by atoms with Crippen LogP contribution in [0.1, 0.15) is 22.3 Å². The lowest BCUT2D eigenvalue weighted by Gasteiger charge is -2.35. The molecule has 0 atom stereocenters. The van der Waals surface area contributed by atoms with E-state index in [9.17, 15) is 0 Å². The van der Waals surface area contributed by atoms with Crippen molar-refractivity contribution in [2.45, 2.75) is 5.41 Å². The number of nitrogens with zero attached hydrogens (tertiary/aromatic N) is 2. The van der Waals surface area contributed by atoms with Gasteiger partial charge in [-0.15, -0.1) is 0 Å². The van der Waals surface area contributed by atoms with Crippen molar-refractivity contribution < 1.29 is 4.42 Å². The van der Waals surface area contributed by atoms with Crippen LogP contribution in [0.25, 0.3) is 55.9 Å². The fraction of sp³-hybridized carbons (Fsp3) is 0.0200. The standard InChI is InChI=1S/C50H32N2O/c1-5-16-33(17-6-1)49-51-47-41-30-31-45(40-25-15-26-42(46(40)41)48(47)53-49)52(36-22-11-4-12-23-36)37-28-29-39-38-24-13-14-27-43(38)50(44(39)32-37,34-18-7-2-8-19-34)35-20-9-3-10-21-35/h1-32H. The van der Waals surface area contributed by atoms with Gasteiger partial charge < -0.3 is 9.32 Å². The van der Waals surface area contributed by atoms with E-state index < -0.39 is 5.41 Å². The van der Waals surface area contributed by atoms with Gasteiger partial charge in [-0.25, -0.2) is 4.98 Å². The maximum absolute atomic E-state index is 6.52. The number of hydrogen-bond acceptors (Lipinski definition) is 3. The molecule has 1 aromatic heterocycles. The second-order valence-electron chi connectivity index (χ2n) is 13.9. The molecule has 1 heterocycles. The van der Waals surface area contributed by atoms with Crippen molar-refractivity contribution in [3.05, 3.63) is 216 Å². The summed E-state index contributed by atoms with van der Waals surface area (Å²) in [6.07, 6.45) is 0. The lowest BCUT2D eigenvalue weighted by Crippen LogP contribution is -2.28. The highest BCUT2D eigenvalue weighted by atomic mass is 16.4. The van der Waals surface area contributed by atoms with Gasteiger partial charge in [-0.1, -0.05) is 146 Å². The van der Waals surface area contributed by atoms with Crippen LogP contribution < -0.4 is 4.90 Å². The lowest BCUT2D eigenvalue weighted by molar-refractivity contribution is 0.590. The Labute approximate surface area is 308 Å². The largest absolute Gasteiger partial charge is 0.435 e. The molecular weight excluding hydrogens is 645 g/mol. The van der Waals surface area contributed by atoms with E-state index in [4.69, 9.17) is 9.40 Å². The quantitative estimate of drug-likeness (QED) is 0.176. The third-order valence-corrected chi connectivity index (χ3v) is 11.1. The number of oxazole rings is 1. The predicted molar refractivity (Wildman–Crippen MR) is 216 cm³/mol. The number of aromatic nitrogens is 1. The number of benzene rings is 8. The third-order valence-electron chi connectivity index (χ3n) is 11.1. The summed E-state index contributed by atoms with van der Waals surface area (Å²) in [7, 11) is 0. The fourth-order valence-electron chi connectivity index (χ4n) is 8.94. The molecule has 0 unspecified atom stereocenters. The van der Waals surface area contributed by atoms with E-state index in [1.165, 1.54) is 38.8 Å². The molecule has 53 heavy (non-hydrogen) atoms. The van der Waals surface area contributed by atoms with Gasteiger partial charge in [0.05, 0.1) is 11.1 Å². The van der Waals surface area contributed by atoms with Crippen molar-refractivity contribution in [2.75, 3.05) is 4.90 Å². The predicted octanol–water partition coefficient (Wildman–Crippen LogP) is 13.0. The van der Waals surface area contributed by atoms with Crippen LogP contribution in [0.2, 0.25) is 0 Å². The monoisotopic (exact) mass is 676 g/mol. The van der Waals surface area contributed by atoms with E-state index >= 15 is 0 Å². The van der Waals surface area contributed by atoms with Crippen molar-refractivity contribution in [3.8, 4) is 45.2 Å². The molecule has 0 amide bonds. The fourth-order valence-corrected chi connectivity index (χ4v) is 8.94. The van der Waals surface area contributed by atoms with E-state index in [2.05, 4.69) is 169 Å². The van der Waals surface area contributed by atoms with Gasteiger partial charge in [0.25, 0.3) is 0 Å². The molecule has 0 bridgehead atoms. The molecule has 0 aliphatic heterocycles. The normalized spacial score (nSPS) is 13.1. The molecule has 0 spiro atoms. The first-order valence-corrected chi connectivity index (χ1v) is 18.1. The average Bonchev–Trinajstić information content (AvgIpc) is 3.89. The lowest BCUT2D eigenvalue weighted by atomic mass is 9.67. The molecule has 0 radical (unpaired) electrons. The highest BCUT2D eigenvalue weighted by molar-refractivity contribution is 6.17. The van der Waals surface area contributed by atoms with Crippen molar-refractivity contribution in [1.82, 2.24) is 4.98 Å². The Morgan fingerprint density at radius 2 is 1.06 bits per heavy atom. The Morgan fingerprint density at radius 3 is 1.79 bits per heavy atom. The van der Waals surface area contributed by atoms with E-state index in [0.29, 0.717) is 5.89 Å². The van der Waals surface area contributed by atoms with Gasteiger partial charge in [0.2, 0.25) is 5.89 Å². The molecule has 0 fully saturated rings. The second-order valence-corrected chi connectivity index (χ2v) is 13.9. The summed E-state index contributed by atoms with van der Waals surface area (Å²) in [5.41, 5.74) is 14.5. The molecule has 0 N–H and O–H groups in total. The van der Waals surface area contributed by atoms with Gasteiger partial charge in [-0.2, -0.15) is 0 Å². The van der Waals surface area contributed by atoms with E-state index in [1.54, 1.807) is 0 Å². The molecule has 8 aromatic carbocycles. The molecule has 2 aliphatic carbocycles. The zero-order chi connectivity index (χ0) is 34.9. The van der Waals surface area contributed by atoms with E-state index in [-0.39, 0.29) is 0 Å². The second kappa shape index (κ2) is 11.5. The minimum atomic E-state index is -0.495. The van der Waals surface area contributed by atoms with E-state index in [1.807, 2.05) is 30.3 Å². The first-order valence-electron chi connectivity index (χ1n) is 18.1. The van der Waals surface area contributed by atoms with Crippen LogP contribution in [0.5, 0.6) is 0 Å². The summed E-state index contributed by atoms with van der Waals surface area (Å²) in [5, 5.41) is 2.32. The topological polar surface area (TPSA) is 29.3 Å². The summed E-state index contributed by atoms with van der Waals surface area (Å²) in [6.45, 7) is 0. The number of anilines is 3. The van der Waals surface area contributed by atoms with Crippen LogP contribution in [0.15, 0.2) is 199 Å². The summed E-state index contributed by atoms with van der Waals surface area (Å²) < 4.78 is 6.52. The summed E-state index contributed by atoms with van der Waals surface area (Å²) >= 11 is 0. The van der Waals surface area contributed by atoms with Crippen molar-refractivity contribution in [2.24, 2.45) is 0 Å². The smallest absolute Gasteiger partial charge is 0.227 e. The Balaban J connectivity index is 1.15. The maximum atomic E-state index is 6.52. The zero-order valence-corrected chi connectivity index (χ0v) is 28.8. The van der Waals surface area contributed by atoms with Gasteiger partial charge in [0, 0.05) is 38.8 Å². The Kier molecular flexibility index (Phi) is 6.47. The summed E-state index contributed by atoms with van der Waals surface area (Å²) in [5.74, 6) is 1.48. The molecule has 3 heteroatoms. The van der Waals surface area contributed by atoms with Crippen molar-refractivity contribution in [3.63, 3.8) is 0 Å². The van der Waals surface area contributed by atoms with Gasteiger partial charge in [0.15, 0.2) is 5.76 Å². The van der Waals surface area contributed by atoms with Crippen LogP contribution in [0, 0.1) is 0 Å². The maximum Gasteiger partial charge on any atom is 0.227 e. The Bertz CT molecular complexity index is 2760. The molecular formula is C50H32N2O. The van der Waals surface area contributed by atoms with Crippen molar-refractivity contribution in [1.29, 1.82) is 0 Å². The van der Waals surface area contributed by atoms with Crippen LogP contribution in [0.3, 0.4) is 0 Å². The number of hydrogen-bond donors (Lipinski definition) is 0. The third kappa shape index (κ3) is 4.25. The Morgan fingerprint density at radius 1 is 0.453 bits per heavy atom. The molecule has 11 rings (SSSR count). The van der Waals surface area contributed by atoms with Gasteiger partial charge in [-0.05, 0) is 81.9 Å². The van der Waals surface area contributed by atoms with E-state index in [0.717, 1.165) is 50.6 Å². The van der Waals surface area contributed by atoms with Crippen LogP contribution >= 0.6 is 0 Å². The highest BCUT2D eigenvalue weighted by Crippen LogP contribution is 2.58. The number of fused-ring (bicyclic) bond motifs is 6. The van der Waals surface area contributed by atoms with Gasteiger partial charge in [-0.3, -0.25) is 0 Å². The SMILES string of the molecule is c1ccc(-c2nc3c(o2)-c2cccc4c(N(c5ccccc5)c5ccc6c(c5)C(c5ccccc5)(c5ccccc5)c5ccccc5-6)ccc-3c24)cc1. The molecule has 0 saturated heterocycles. The summed E-state index contributed by atoms with van der Waals surface area (Å²) in [6, 6.07) is 69.8. The number of para-hydroxylation sites is 1. The zero-order valence-electron chi connectivity index (χ0n) is 28.8. The minimum absolute atomic E-state index is 0.495. The molecule has 9 aromatic rings. The van der Waals surface area contributed by atoms with Crippen LogP contribution in [0.4, 0.5) is 17.1 Å². The molecule has 3 nitrogen and oxygen atoms in total. The Hall–Kier alpha value is -6.97. The minimum Gasteiger partial charge on any atom is -0.435 e. The molecule has 248 valence electrons. The number of rotatable bonds is 6. The summed E-state index contributed by atoms with van der Waals surface area (Å²) in [4.78, 5) is 7.46. The first kappa shape index (κ1) is 29.7.